The SMILES string of the molecule is CC(C)(C)OC(=O)NCCONC(=O)[C@@H]1CCC2CN1C(=O)N2. The van der Waals surface area contributed by atoms with E-state index in [-0.39, 0.29) is 31.1 Å². The molecule has 2 bridgehead atoms. The maximum Gasteiger partial charge on any atom is 0.407 e. The van der Waals surface area contributed by atoms with Gasteiger partial charge in [0.25, 0.3) is 5.91 Å². The minimum atomic E-state index is -0.561. The van der Waals surface area contributed by atoms with E-state index >= 15 is 0 Å². The van der Waals surface area contributed by atoms with Crippen LogP contribution in [-0.2, 0) is 14.4 Å². The van der Waals surface area contributed by atoms with Crippen LogP contribution < -0.4 is 16.1 Å². The molecule has 2 saturated heterocycles. The zero-order valence-electron chi connectivity index (χ0n) is 13.7. The van der Waals surface area contributed by atoms with E-state index in [2.05, 4.69) is 16.1 Å². The molecule has 130 valence electrons. The Bertz CT molecular complexity index is 476. The largest absolute Gasteiger partial charge is 0.444 e. The molecule has 2 fully saturated rings. The number of hydrogen-bond acceptors (Lipinski definition) is 5. The van der Waals surface area contributed by atoms with Crippen molar-refractivity contribution in [3.63, 3.8) is 0 Å². The van der Waals surface area contributed by atoms with Crippen LogP contribution in [0.3, 0.4) is 0 Å². The van der Waals surface area contributed by atoms with Gasteiger partial charge in [-0.05, 0) is 33.6 Å². The number of carbonyl (C=O) groups excluding carboxylic acids is 3. The van der Waals surface area contributed by atoms with E-state index in [1.165, 1.54) is 4.90 Å². The lowest BCUT2D eigenvalue weighted by Crippen LogP contribution is -2.50. The molecule has 1 unspecified atom stereocenters. The second-order valence-corrected chi connectivity index (χ2v) is 6.64. The first-order valence-corrected chi connectivity index (χ1v) is 7.72. The van der Waals surface area contributed by atoms with Gasteiger partial charge < -0.3 is 20.3 Å². The second-order valence-electron chi connectivity index (χ2n) is 6.64. The van der Waals surface area contributed by atoms with Gasteiger partial charge >= 0.3 is 12.1 Å². The summed E-state index contributed by atoms with van der Waals surface area (Å²) >= 11 is 0. The zero-order chi connectivity index (χ0) is 17.0. The van der Waals surface area contributed by atoms with Crippen LogP contribution in [0.15, 0.2) is 0 Å². The van der Waals surface area contributed by atoms with Gasteiger partial charge in [0.05, 0.1) is 6.61 Å². The summed E-state index contributed by atoms with van der Waals surface area (Å²) in [6, 6.07) is -0.572. The summed E-state index contributed by atoms with van der Waals surface area (Å²) in [6.07, 6.45) is 0.842. The Hall–Kier alpha value is -2.03. The number of ether oxygens (including phenoxy) is 1. The monoisotopic (exact) mass is 328 g/mol. The molecule has 4 amide bonds. The number of piperidine rings is 1. The van der Waals surface area contributed by atoms with Gasteiger partial charge in [0.15, 0.2) is 0 Å². The van der Waals surface area contributed by atoms with Crippen molar-refractivity contribution in [3.05, 3.63) is 0 Å². The second kappa shape index (κ2) is 7.03. The normalized spacial score (nSPS) is 23.3. The highest BCUT2D eigenvalue weighted by molar-refractivity contribution is 5.88. The molecule has 9 nitrogen and oxygen atoms in total. The van der Waals surface area contributed by atoms with Gasteiger partial charge in [0, 0.05) is 19.1 Å². The molecule has 23 heavy (non-hydrogen) atoms. The van der Waals surface area contributed by atoms with Crippen molar-refractivity contribution in [3.8, 4) is 0 Å². The van der Waals surface area contributed by atoms with Crippen LogP contribution in [-0.4, -0.2) is 60.3 Å². The summed E-state index contributed by atoms with van der Waals surface area (Å²) in [5.74, 6) is -0.349. The van der Waals surface area contributed by atoms with Crippen LogP contribution in [0.2, 0.25) is 0 Å². The summed E-state index contributed by atoms with van der Waals surface area (Å²) in [7, 11) is 0. The third-order valence-corrected chi connectivity index (χ3v) is 3.52. The number of nitrogens with one attached hydrogen (secondary N) is 3. The third-order valence-electron chi connectivity index (χ3n) is 3.52. The van der Waals surface area contributed by atoms with Crippen molar-refractivity contribution in [2.24, 2.45) is 0 Å². The summed E-state index contributed by atoms with van der Waals surface area (Å²) in [5, 5.41) is 5.33. The van der Waals surface area contributed by atoms with E-state index in [1.54, 1.807) is 20.8 Å². The van der Waals surface area contributed by atoms with Crippen LogP contribution in [0.5, 0.6) is 0 Å². The Balaban J connectivity index is 1.62. The number of alkyl carbamates (subject to hydrolysis) is 1. The van der Waals surface area contributed by atoms with Crippen molar-refractivity contribution in [2.75, 3.05) is 19.7 Å². The topological polar surface area (TPSA) is 109 Å². The maximum absolute atomic E-state index is 12.0. The van der Waals surface area contributed by atoms with Crippen molar-refractivity contribution >= 4 is 18.0 Å². The van der Waals surface area contributed by atoms with E-state index in [0.29, 0.717) is 13.0 Å². The van der Waals surface area contributed by atoms with E-state index in [9.17, 15) is 14.4 Å². The molecule has 2 atom stereocenters. The first-order valence-electron chi connectivity index (χ1n) is 7.72. The lowest BCUT2D eigenvalue weighted by atomic mass is 10.0. The molecule has 2 heterocycles. The van der Waals surface area contributed by atoms with Gasteiger partial charge in [-0.25, -0.2) is 15.1 Å². The highest BCUT2D eigenvalue weighted by atomic mass is 16.7. The van der Waals surface area contributed by atoms with E-state index < -0.39 is 17.7 Å². The predicted molar refractivity (Wildman–Crippen MR) is 80.4 cm³/mol. The summed E-state index contributed by atoms with van der Waals surface area (Å²) in [4.78, 5) is 41.7. The number of amides is 4. The molecular formula is C14H24N4O5. The number of hydrogen-bond donors (Lipinski definition) is 3. The molecule has 0 aliphatic carbocycles. The van der Waals surface area contributed by atoms with Gasteiger partial charge in [-0.1, -0.05) is 0 Å². The lowest BCUT2D eigenvalue weighted by Gasteiger charge is -2.29. The molecule has 0 spiro atoms. The van der Waals surface area contributed by atoms with E-state index in [4.69, 9.17) is 9.57 Å². The van der Waals surface area contributed by atoms with E-state index in [1.807, 2.05) is 0 Å². The Morgan fingerprint density at radius 2 is 2.09 bits per heavy atom. The third kappa shape index (κ3) is 4.98. The zero-order valence-corrected chi connectivity index (χ0v) is 13.7. The fourth-order valence-electron chi connectivity index (χ4n) is 2.55. The average Bonchev–Trinajstić information content (AvgIpc) is 2.71. The number of nitrogens with zero attached hydrogens (tertiary/aromatic N) is 1. The molecule has 0 aromatic rings. The number of urea groups is 1. The quantitative estimate of drug-likeness (QED) is 0.490. The van der Waals surface area contributed by atoms with Crippen LogP contribution in [0.4, 0.5) is 9.59 Å². The minimum Gasteiger partial charge on any atom is -0.444 e. The Kier molecular flexibility index (Phi) is 5.30. The first-order chi connectivity index (χ1) is 10.8. The molecule has 2 aliphatic heterocycles. The fraction of sp³-hybridized carbons (Fsp3) is 0.786. The number of hydroxylamine groups is 1. The first kappa shape index (κ1) is 17.3. The molecule has 0 saturated carbocycles. The Morgan fingerprint density at radius 1 is 1.35 bits per heavy atom. The van der Waals surface area contributed by atoms with Crippen LogP contribution in [0, 0.1) is 0 Å². The van der Waals surface area contributed by atoms with Gasteiger partial charge in [0.2, 0.25) is 0 Å². The Morgan fingerprint density at radius 3 is 2.78 bits per heavy atom. The molecule has 2 aliphatic rings. The van der Waals surface area contributed by atoms with E-state index in [0.717, 1.165) is 6.42 Å². The van der Waals surface area contributed by atoms with Gasteiger partial charge in [-0.2, -0.15) is 0 Å². The average molecular weight is 328 g/mol. The molecule has 3 N–H and O–H groups in total. The highest BCUT2D eigenvalue weighted by Gasteiger charge is 2.41. The number of carbonyl (C=O) groups is 3. The van der Waals surface area contributed by atoms with Crippen molar-refractivity contribution in [1.29, 1.82) is 0 Å². The lowest BCUT2D eigenvalue weighted by molar-refractivity contribution is -0.138. The highest BCUT2D eigenvalue weighted by Crippen LogP contribution is 2.22. The smallest absolute Gasteiger partial charge is 0.407 e. The molecule has 9 heteroatoms. The predicted octanol–water partition coefficient (Wildman–Crippen LogP) is 0.115. The number of fused-ring (bicyclic) bond motifs is 2. The molecule has 0 radical (unpaired) electrons. The molecule has 0 aromatic carbocycles. The molecule has 0 aromatic heterocycles. The molecule has 2 rings (SSSR count). The summed E-state index contributed by atoms with van der Waals surface area (Å²) < 4.78 is 5.06. The number of rotatable bonds is 5. The van der Waals surface area contributed by atoms with Crippen molar-refractivity contribution in [2.45, 2.75) is 51.3 Å². The van der Waals surface area contributed by atoms with Crippen molar-refractivity contribution in [1.82, 2.24) is 21.0 Å². The van der Waals surface area contributed by atoms with Gasteiger partial charge in [-0.15, -0.1) is 0 Å². The standard InChI is InChI=1S/C14H24N4O5/c1-14(2,3)23-13(21)15-6-7-22-17-11(19)10-5-4-9-8-18(10)12(20)16-9/h9-10H,4-8H2,1-3H3,(H,15,21)(H,16,20)(H,17,19)/t9?,10-/m0/s1. The van der Waals surface area contributed by atoms with Gasteiger partial charge in [0.1, 0.15) is 11.6 Å². The maximum atomic E-state index is 12.0. The molecular weight excluding hydrogens is 304 g/mol. The van der Waals surface area contributed by atoms with Crippen LogP contribution in [0.1, 0.15) is 33.6 Å². The summed E-state index contributed by atoms with van der Waals surface area (Å²) in [5.41, 5.74) is 1.76. The minimum absolute atomic E-state index is 0.104. The van der Waals surface area contributed by atoms with Crippen LogP contribution in [0.25, 0.3) is 0 Å². The Labute approximate surface area is 135 Å². The van der Waals surface area contributed by atoms with Crippen molar-refractivity contribution < 1.29 is 24.0 Å². The van der Waals surface area contributed by atoms with Crippen LogP contribution >= 0.6 is 0 Å². The fourth-order valence-corrected chi connectivity index (χ4v) is 2.55. The van der Waals surface area contributed by atoms with Gasteiger partial charge in [-0.3, -0.25) is 9.63 Å². The summed E-state index contributed by atoms with van der Waals surface area (Å²) in [6.45, 7) is 6.17.